The van der Waals surface area contributed by atoms with Gasteiger partial charge in [-0.2, -0.15) is 0 Å². The van der Waals surface area contributed by atoms with E-state index in [1.165, 1.54) is 23.5 Å². The van der Waals surface area contributed by atoms with Crippen LogP contribution < -0.4 is 31.9 Å². The predicted octanol–water partition coefficient (Wildman–Crippen LogP) is 2.47. The third-order valence-electron chi connectivity index (χ3n) is 10.5. The molecule has 0 spiro atoms. The second kappa shape index (κ2) is 19.0. The van der Waals surface area contributed by atoms with E-state index in [4.69, 9.17) is 0 Å². The minimum absolute atomic E-state index is 0.0424. The first-order valence-corrected chi connectivity index (χ1v) is 19.7. The molecule has 0 radical (unpaired) electrons. The number of hydrogen-bond acceptors (Lipinski definition) is 9. The van der Waals surface area contributed by atoms with Gasteiger partial charge in [0.25, 0.3) is 11.8 Å². The van der Waals surface area contributed by atoms with Crippen molar-refractivity contribution in [1.82, 2.24) is 41.5 Å². The third-order valence-corrected chi connectivity index (χ3v) is 10.5. The number of rotatable bonds is 15. The van der Waals surface area contributed by atoms with Crippen LogP contribution >= 0.6 is 0 Å². The molecule has 3 fully saturated rings. The number of likely N-dealkylation sites (tertiary alicyclic amines) is 1. The van der Waals surface area contributed by atoms with Crippen LogP contribution in [0.4, 0.5) is 10.5 Å². The minimum atomic E-state index is -1.12. The quantitative estimate of drug-likeness (QED) is 0.146. The molecule has 2 heterocycles. The molecule has 3 aliphatic rings. The second-order valence-electron chi connectivity index (χ2n) is 16.1. The number of aromatic nitrogens is 2. The highest BCUT2D eigenvalue weighted by Gasteiger charge is 2.45. The Kier molecular flexibility index (Phi) is 14.1. The lowest BCUT2D eigenvalue weighted by molar-refractivity contribution is -0.140. The fraction of sp³-hybridized carbons (Fsp3) is 0.575. The maximum Gasteiger partial charge on any atom is 0.321 e. The van der Waals surface area contributed by atoms with Gasteiger partial charge in [0.2, 0.25) is 23.5 Å². The number of carbonyl (C=O) groups is 7. The summed E-state index contributed by atoms with van der Waals surface area (Å²) in [5.41, 5.74) is -0.236. The van der Waals surface area contributed by atoms with Crippen LogP contribution in [-0.4, -0.2) is 99.5 Å². The Bertz CT molecular complexity index is 1730. The first-order valence-electron chi connectivity index (χ1n) is 19.7. The van der Waals surface area contributed by atoms with Crippen molar-refractivity contribution in [2.24, 2.45) is 17.3 Å². The van der Waals surface area contributed by atoms with Gasteiger partial charge in [0.15, 0.2) is 0 Å². The van der Waals surface area contributed by atoms with Crippen LogP contribution in [0.2, 0.25) is 0 Å². The summed E-state index contributed by atoms with van der Waals surface area (Å²) in [6.07, 6.45) is 10.7. The van der Waals surface area contributed by atoms with Crippen LogP contribution in [-0.2, 0) is 24.0 Å². The highest BCUT2D eigenvalue weighted by atomic mass is 16.2. The second-order valence-corrected chi connectivity index (χ2v) is 16.1. The van der Waals surface area contributed by atoms with Gasteiger partial charge in [0.05, 0.1) is 24.2 Å². The highest BCUT2D eigenvalue weighted by Crippen LogP contribution is 2.28. The number of para-hydroxylation sites is 1. The van der Waals surface area contributed by atoms with Crippen LogP contribution in [0.5, 0.6) is 0 Å². The molecule has 1 aromatic heterocycles. The molecule has 5 rings (SSSR count). The zero-order valence-electron chi connectivity index (χ0n) is 32.6. The summed E-state index contributed by atoms with van der Waals surface area (Å²) in [6, 6.07) is 4.17. The molecule has 2 saturated carbocycles. The van der Waals surface area contributed by atoms with Crippen LogP contribution in [0.1, 0.15) is 96.0 Å². The van der Waals surface area contributed by atoms with E-state index in [0.717, 1.165) is 32.1 Å². The molecular weight excluding hydrogens is 718 g/mol. The molecule has 7 amide bonds. The lowest BCUT2D eigenvalue weighted by Crippen LogP contribution is -2.61. The van der Waals surface area contributed by atoms with Gasteiger partial charge < -0.3 is 36.8 Å². The van der Waals surface area contributed by atoms with Crippen molar-refractivity contribution in [2.75, 3.05) is 18.4 Å². The van der Waals surface area contributed by atoms with E-state index < -0.39 is 76.9 Å². The lowest BCUT2D eigenvalue weighted by atomic mass is 9.82. The average Bonchev–Trinajstić information content (AvgIpc) is 3.90. The van der Waals surface area contributed by atoms with Gasteiger partial charge in [-0.1, -0.05) is 71.6 Å². The predicted molar refractivity (Wildman–Crippen MR) is 207 cm³/mol. The van der Waals surface area contributed by atoms with Gasteiger partial charge in [-0.25, -0.2) is 9.78 Å². The molecule has 16 heteroatoms. The number of carbonyl (C=O) groups excluding carboxylic acids is 7. The van der Waals surface area contributed by atoms with Crippen LogP contribution in [0.25, 0.3) is 0 Å². The number of benzene rings is 1. The fourth-order valence-corrected chi connectivity index (χ4v) is 7.25. The Morgan fingerprint density at radius 3 is 2.18 bits per heavy atom. The molecule has 6 N–H and O–H groups in total. The standard InChI is InChI=1S/C40H55N9O7/c1-5-12-28(32(50)37(54)43-26-17-18-26)45-34(51)27-22-49(39(56)44-25-15-10-7-11-16-25)23-30(27)46-38(55)33(40(2,3)4)48-36(53)31(24-13-8-6-9-14-24)47-35(52)29-21-41-19-20-42-29/h7,10-11,15-16,19-21,24,26-28,30-31,33H,5-6,8-9,12-14,17-18,22-23H2,1-4H3,(H,43,54)(H,44,56)(H,45,51)(H,46,55)(H,47,52)(H,48,53)/t27?,28?,30?,31-,33?/m0/s1. The first-order chi connectivity index (χ1) is 26.7. The summed E-state index contributed by atoms with van der Waals surface area (Å²) in [6.45, 7) is 7.05. The van der Waals surface area contributed by atoms with E-state index in [2.05, 4.69) is 41.9 Å². The normalized spacial score (nSPS) is 20.1. The Morgan fingerprint density at radius 1 is 0.839 bits per heavy atom. The molecule has 0 bridgehead atoms. The smallest absolute Gasteiger partial charge is 0.321 e. The molecule has 2 aromatic rings. The highest BCUT2D eigenvalue weighted by molar-refractivity contribution is 6.38. The van der Waals surface area contributed by atoms with E-state index in [1.807, 2.05) is 13.0 Å². The largest absolute Gasteiger partial charge is 0.349 e. The summed E-state index contributed by atoms with van der Waals surface area (Å²) in [5, 5.41) is 16.9. The van der Waals surface area contributed by atoms with Crippen LogP contribution in [0, 0.1) is 17.3 Å². The third kappa shape index (κ3) is 11.3. The molecule has 1 aromatic carbocycles. The maximum absolute atomic E-state index is 14.3. The van der Waals surface area contributed by atoms with Gasteiger partial charge in [0, 0.05) is 37.2 Å². The number of urea groups is 1. The molecule has 5 atom stereocenters. The summed E-state index contributed by atoms with van der Waals surface area (Å²) in [7, 11) is 0. The van der Waals surface area contributed by atoms with E-state index in [0.29, 0.717) is 24.9 Å². The van der Waals surface area contributed by atoms with Crippen LogP contribution in [0.15, 0.2) is 48.9 Å². The molecule has 4 unspecified atom stereocenters. The number of Topliss-reactive ketones (excluding diaryl/α,β-unsaturated/α-hetero) is 1. The van der Waals surface area contributed by atoms with Crippen molar-refractivity contribution in [2.45, 2.75) is 116 Å². The SMILES string of the molecule is CCCC(NC(=O)C1CN(C(=O)Nc2ccccc2)CC1NC(=O)C(NC(=O)[C@@H](NC(=O)c1cnccn1)C1CCCCC1)C(C)(C)C)C(=O)C(=O)NC1CC1. The van der Waals surface area contributed by atoms with Crippen LogP contribution in [0.3, 0.4) is 0 Å². The van der Waals surface area contributed by atoms with Crippen molar-refractivity contribution < 1.29 is 33.6 Å². The maximum atomic E-state index is 14.3. The molecular formula is C40H55N9O7. The zero-order chi connectivity index (χ0) is 40.4. The minimum Gasteiger partial charge on any atom is -0.349 e. The van der Waals surface area contributed by atoms with E-state index in [1.54, 1.807) is 45.0 Å². The number of nitrogens with zero attached hydrogens (tertiary/aromatic N) is 3. The van der Waals surface area contributed by atoms with Crippen molar-refractivity contribution in [3.8, 4) is 0 Å². The van der Waals surface area contributed by atoms with Crippen molar-refractivity contribution in [3.63, 3.8) is 0 Å². The monoisotopic (exact) mass is 773 g/mol. The number of nitrogens with one attached hydrogen (secondary N) is 6. The molecule has 16 nitrogen and oxygen atoms in total. The van der Waals surface area contributed by atoms with E-state index in [9.17, 15) is 33.6 Å². The Hall–Kier alpha value is -5.41. The Balaban J connectivity index is 1.35. The van der Waals surface area contributed by atoms with Gasteiger partial charge in [-0.3, -0.25) is 33.8 Å². The number of amides is 7. The average molecular weight is 774 g/mol. The summed E-state index contributed by atoms with van der Waals surface area (Å²) < 4.78 is 0. The van der Waals surface area contributed by atoms with Gasteiger partial charge in [0.1, 0.15) is 17.8 Å². The van der Waals surface area contributed by atoms with Gasteiger partial charge in [-0.15, -0.1) is 0 Å². The molecule has 1 saturated heterocycles. The number of hydrogen-bond donors (Lipinski definition) is 6. The molecule has 1 aliphatic heterocycles. The fourth-order valence-electron chi connectivity index (χ4n) is 7.25. The van der Waals surface area contributed by atoms with Crippen molar-refractivity contribution in [3.05, 3.63) is 54.6 Å². The molecule has 56 heavy (non-hydrogen) atoms. The van der Waals surface area contributed by atoms with E-state index >= 15 is 0 Å². The number of anilines is 1. The van der Waals surface area contributed by atoms with Crippen molar-refractivity contribution >= 4 is 47.0 Å². The first kappa shape index (κ1) is 41.7. The topological polar surface area (TPSA) is 221 Å². The lowest BCUT2D eigenvalue weighted by Gasteiger charge is -2.35. The van der Waals surface area contributed by atoms with Crippen molar-refractivity contribution in [1.29, 1.82) is 0 Å². The zero-order valence-corrected chi connectivity index (χ0v) is 32.6. The Morgan fingerprint density at radius 2 is 1.55 bits per heavy atom. The molecule has 302 valence electrons. The van der Waals surface area contributed by atoms with E-state index in [-0.39, 0.29) is 37.2 Å². The van der Waals surface area contributed by atoms with Gasteiger partial charge in [-0.05, 0) is 55.6 Å². The summed E-state index contributed by atoms with van der Waals surface area (Å²) in [5.74, 6) is -4.95. The summed E-state index contributed by atoms with van der Waals surface area (Å²) in [4.78, 5) is 104. The Labute approximate surface area is 327 Å². The molecule has 2 aliphatic carbocycles. The summed E-state index contributed by atoms with van der Waals surface area (Å²) >= 11 is 0. The number of ketones is 1. The van der Waals surface area contributed by atoms with Gasteiger partial charge >= 0.3 is 6.03 Å².